The molecule has 3 aromatic rings. The van der Waals surface area contributed by atoms with Crippen LogP contribution in [0, 0.1) is 10.1 Å². The van der Waals surface area contributed by atoms with Gasteiger partial charge in [-0.15, -0.1) is 0 Å². The van der Waals surface area contributed by atoms with E-state index in [0.717, 1.165) is 11.3 Å². The van der Waals surface area contributed by atoms with Gasteiger partial charge < -0.3 is 10.1 Å². The second-order valence-corrected chi connectivity index (χ2v) is 6.10. The lowest BCUT2D eigenvalue weighted by Gasteiger charge is -2.08. The average Bonchev–Trinajstić information content (AvgIpc) is 2.67. The Hall–Kier alpha value is -3.38. The van der Waals surface area contributed by atoms with Crippen LogP contribution in [0.4, 0.5) is 5.69 Å². The molecule has 0 unspecified atom stereocenters. The molecule has 3 aromatic carbocycles. The van der Waals surface area contributed by atoms with E-state index in [2.05, 4.69) is 5.32 Å². The maximum Gasteiger partial charge on any atom is 0.282 e. The number of benzene rings is 3. The first-order valence-corrected chi connectivity index (χ1v) is 8.45. The number of nitrogens with one attached hydrogen (secondary N) is 1. The monoisotopic (exact) mass is 382 g/mol. The zero-order valence-electron chi connectivity index (χ0n) is 14.1. The van der Waals surface area contributed by atoms with Crippen LogP contribution in [0.1, 0.15) is 15.9 Å². The van der Waals surface area contributed by atoms with E-state index in [9.17, 15) is 14.9 Å². The molecule has 0 heterocycles. The van der Waals surface area contributed by atoms with Crippen molar-refractivity contribution in [3.63, 3.8) is 0 Å². The molecule has 0 aliphatic rings. The van der Waals surface area contributed by atoms with Gasteiger partial charge in [0.05, 0.1) is 4.92 Å². The van der Waals surface area contributed by atoms with Gasteiger partial charge in [0.15, 0.2) is 0 Å². The molecule has 0 aliphatic carbocycles. The SMILES string of the molecule is O=C(NCc1ccc(Oc2ccccc2)cc1)c1cc(Cl)ccc1[N+](=O)[O-]. The van der Waals surface area contributed by atoms with Crippen molar-refractivity contribution in [1.82, 2.24) is 5.32 Å². The number of rotatable bonds is 6. The van der Waals surface area contributed by atoms with Crippen LogP contribution in [-0.2, 0) is 6.54 Å². The maximum atomic E-state index is 12.3. The summed E-state index contributed by atoms with van der Waals surface area (Å²) < 4.78 is 5.71. The minimum Gasteiger partial charge on any atom is -0.457 e. The lowest BCUT2D eigenvalue weighted by atomic mass is 10.1. The number of hydrogen-bond donors (Lipinski definition) is 1. The van der Waals surface area contributed by atoms with Crippen molar-refractivity contribution < 1.29 is 14.5 Å². The zero-order chi connectivity index (χ0) is 19.2. The fourth-order valence-electron chi connectivity index (χ4n) is 2.43. The predicted molar refractivity (Wildman–Crippen MR) is 102 cm³/mol. The van der Waals surface area contributed by atoms with Crippen LogP contribution in [0.3, 0.4) is 0 Å². The van der Waals surface area contributed by atoms with E-state index in [1.165, 1.54) is 18.2 Å². The Bertz CT molecular complexity index is 959. The van der Waals surface area contributed by atoms with Crippen molar-refractivity contribution in [2.24, 2.45) is 0 Å². The number of carbonyl (C=O) groups excluding carboxylic acids is 1. The molecule has 0 aliphatic heterocycles. The molecule has 1 N–H and O–H groups in total. The van der Waals surface area contributed by atoms with E-state index < -0.39 is 10.8 Å². The Labute approximate surface area is 160 Å². The van der Waals surface area contributed by atoms with Crippen molar-refractivity contribution in [3.05, 3.63) is 99.1 Å². The van der Waals surface area contributed by atoms with E-state index in [-0.39, 0.29) is 22.8 Å². The highest BCUT2D eigenvalue weighted by Gasteiger charge is 2.20. The Morgan fingerprint density at radius 2 is 1.67 bits per heavy atom. The van der Waals surface area contributed by atoms with Crippen LogP contribution in [-0.4, -0.2) is 10.8 Å². The van der Waals surface area contributed by atoms with Crippen molar-refractivity contribution in [3.8, 4) is 11.5 Å². The van der Waals surface area contributed by atoms with Gasteiger partial charge in [0, 0.05) is 17.6 Å². The number of halogens is 1. The summed E-state index contributed by atoms with van der Waals surface area (Å²) in [5.74, 6) is 0.836. The van der Waals surface area contributed by atoms with Gasteiger partial charge in [0.25, 0.3) is 11.6 Å². The van der Waals surface area contributed by atoms with E-state index in [1.54, 1.807) is 12.1 Å². The molecule has 0 saturated carbocycles. The first kappa shape index (κ1) is 18.4. The van der Waals surface area contributed by atoms with E-state index in [0.29, 0.717) is 5.75 Å². The Balaban J connectivity index is 1.64. The number of nitro groups is 1. The van der Waals surface area contributed by atoms with Gasteiger partial charge >= 0.3 is 0 Å². The number of nitro benzene ring substituents is 1. The molecule has 0 spiro atoms. The summed E-state index contributed by atoms with van der Waals surface area (Å²) in [6, 6.07) is 20.5. The van der Waals surface area contributed by atoms with Gasteiger partial charge in [0.1, 0.15) is 17.1 Å². The topological polar surface area (TPSA) is 81.5 Å². The predicted octanol–water partition coefficient (Wildman–Crippen LogP) is 4.97. The molecule has 0 atom stereocenters. The summed E-state index contributed by atoms with van der Waals surface area (Å²) in [5, 5.41) is 14.0. The largest absolute Gasteiger partial charge is 0.457 e. The van der Waals surface area contributed by atoms with Crippen LogP contribution in [0.2, 0.25) is 5.02 Å². The molecule has 0 fully saturated rings. The van der Waals surface area contributed by atoms with Gasteiger partial charge in [-0.3, -0.25) is 14.9 Å². The quantitative estimate of drug-likeness (QED) is 0.482. The molecule has 3 rings (SSSR count). The third-order valence-corrected chi connectivity index (χ3v) is 3.99. The van der Waals surface area contributed by atoms with Crippen molar-refractivity contribution in [2.75, 3.05) is 0 Å². The molecular formula is C20H15ClN2O4. The summed E-state index contributed by atoms with van der Waals surface area (Å²) >= 11 is 5.85. The second kappa shape index (κ2) is 8.33. The Morgan fingerprint density at radius 3 is 2.33 bits per heavy atom. The van der Waals surface area contributed by atoms with Crippen LogP contribution in [0.5, 0.6) is 11.5 Å². The van der Waals surface area contributed by atoms with Crippen LogP contribution < -0.4 is 10.1 Å². The molecule has 0 radical (unpaired) electrons. The van der Waals surface area contributed by atoms with Crippen LogP contribution in [0.25, 0.3) is 0 Å². The third kappa shape index (κ3) is 4.83. The lowest BCUT2D eigenvalue weighted by molar-refractivity contribution is -0.385. The molecule has 1 amide bonds. The summed E-state index contributed by atoms with van der Waals surface area (Å²) in [6.07, 6.45) is 0. The normalized spacial score (nSPS) is 10.3. The first-order chi connectivity index (χ1) is 13.0. The molecule has 0 bridgehead atoms. The van der Waals surface area contributed by atoms with Crippen LogP contribution in [0.15, 0.2) is 72.8 Å². The fourth-order valence-corrected chi connectivity index (χ4v) is 2.60. The summed E-state index contributed by atoms with van der Waals surface area (Å²) in [6.45, 7) is 0.216. The maximum absolute atomic E-state index is 12.3. The lowest BCUT2D eigenvalue weighted by Crippen LogP contribution is -2.23. The molecule has 6 nitrogen and oxygen atoms in total. The molecule has 7 heteroatoms. The van der Waals surface area contributed by atoms with Gasteiger partial charge in [-0.25, -0.2) is 0 Å². The summed E-state index contributed by atoms with van der Waals surface area (Å²) in [7, 11) is 0. The zero-order valence-corrected chi connectivity index (χ0v) is 14.8. The second-order valence-electron chi connectivity index (χ2n) is 5.66. The average molecular weight is 383 g/mol. The van der Waals surface area contributed by atoms with Gasteiger partial charge in [-0.1, -0.05) is 41.9 Å². The minimum atomic E-state index is -0.610. The highest BCUT2D eigenvalue weighted by molar-refractivity contribution is 6.31. The van der Waals surface area contributed by atoms with Crippen molar-refractivity contribution in [2.45, 2.75) is 6.54 Å². The number of hydrogen-bond acceptors (Lipinski definition) is 4. The standard InChI is InChI=1S/C20H15ClN2O4/c21-15-8-11-19(23(25)26)18(12-15)20(24)22-13-14-6-9-17(10-7-14)27-16-4-2-1-3-5-16/h1-12H,13H2,(H,22,24). The van der Waals surface area contributed by atoms with E-state index in [4.69, 9.17) is 16.3 Å². The number of carbonyl (C=O) groups is 1. The van der Waals surface area contributed by atoms with Crippen molar-refractivity contribution in [1.29, 1.82) is 0 Å². The minimum absolute atomic E-state index is 0.0727. The smallest absolute Gasteiger partial charge is 0.282 e. The summed E-state index contributed by atoms with van der Waals surface area (Å²) in [5.41, 5.74) is 0.466. The van der Waals surface area contributed by atoms with Crippen molar-refractivity contribution >= 4 is 23.2 Å². The molecule has 0 saturated heterocycles. The highest BCUT2D eigenvalue weighted by atomic mass is 35.5. The highest BCUT2D eigenvalue weighted by Crippen LogP contribution is 2.23. The Morgan fingerprint density at radius 1 is 1.00 bits per heavy atom. The van der Waals surface area contributed by atoms with Gasteiger partial charge in [0.2, 0.25) is 0 Å². The molecule has 27 heavy (non-hydrogen) atoms. The summed E-state index contributed by atoms with van der Waals surface area (Å²) in [4.78, 5) is 22.8. The fraction of sp³-hybridized carbons (Fsp3) is 0.0500. The number of amides is 1. The third-order valence-electron chi connectivity index (χ3n) is 3.76. The number of nitrogens with zero attached hydrogens (tertiary/aromatic N) is 1. The molecule has 136 valence electrons. The molecular weight excluding hydrogens is 368 g/mol. The van der Waals surface area contributed by atoms with Gasteiger partial charge in [-0.2, -0.15) is 0 Å². The van der Waals surface area contributed by atoms with E-state index >= 15 is 0 Å². The van der Waals surface area contributed by atoms with E-state index in [1.807, 2.05) is 42.5 Å². The number of ether oxygens (including phenoxy) is 1. The Kier molecular flexibility index (Phi) is 5.68. The number of para-hydroxylation sites is 1. The molecule has 0 aromatic heterocycles. The first-order valence-electron chi connectivity index (χ1n) is 8.07. The van der Waals surface area contributed by atoms with Gasteiger partial charge in [-0.05, 0) is 42.0 Å². The van der Waals surface area contributed by atoms with Crippen LogP contribution >= 0.6 is 11.6 Å².